The predicted octanol–water partition coefficient (Wildman–Crippen LogP) is 4.11. The SMILES string of the molecule is CCc1ccc2c(c1)[C@]1(C[C@H]1c1ccc3c(I)n[nH]c3c1)C(=O)N2. The smallest absolute Gasteiger partial charge is 0.235 e. The Morgan fingerprint density at radius 3 is 3.00 bits per heavy atom. The van der Waals surface area contributed by atoms with Crippen LogP contribution >= 0.6 is 22.6 Å². The first-order chi connectivity index (χ1) is 11.6. The topological polar surface area (TPSA) is 57.8 Å². The van der Waals surface area contributed by atoms with Crippen LogP contribution in [0.2, 0.25) is 0 Å². The summed E-state index contributed by atoms with van der Waals surface area (Å²) < 4.78 is 0.983. The molecule has 24 heavy (non-hydrogen) atoms. The third kappa shape index (κ3) is 1.79. The largest absolute Gasteiger partial charge is 0.325 e. The van der Waals surface area contributed by atoms with Crippen molar-refractivity contribution < 1.29 is 4.79 Å². The molecule has 1 aliphatic heterocycles. The zero-order chi connectivity index (χ0) is 16.5. The highest BCUT2D eigenvalue weighted by molar-refractivity contribution is 14.1. The maximum absolute atomic E-state index is 12.7. The van der Waals surface area contributed by atoms with E-state index in [-0.39, 0.29) is 17.2 Å². The fraction of sp³-hybridized carbons (Fsp3) is 0.263. The molecule has 1 amide bonds. The molecular formula is C19H16IN3O. The zero-order valence-corrected chi connectivity index (χ0v) is 15.3. The van der Waals surface area contributed by atoms with Gasteiger partial charge in [-0.1, -0.05) is 25.1 Å². The van der Waals surface area contributed by atoms with E-state index in [4.69, 9.17) is 0 Å². The minimum atomic E-state index is -0.374. The van der Waals surface area contributed by atoms with Crippen LogP contribution in [0.4, 0.5) is 5.69 Å². The van der Waals surface area contributed by atoms with Gasteiger partial charge in [0.2, 0.25) is 5.91 Å². The Kier molecular flexibility index (Phi) is 2.90. The first-order valence-electron chi connectivity index (χ1n) is 8.22. The molecule has 0 bridgehead atoms. The third-order valence-corrected chi connectivity index (χ3v) is 6.35. The lowest BCUT2D eigenvalue weighted by molar-refractivity contribution is -0.118. The second kappa shape index (κ2) is 4.81. The number of hydrogen-bond acceptors (Lipinski definition) is 2. The molecule has 0 radical (unpaired) electrons. The fourth-order valence-corrected chi connectivity index (χ4v) is 4.67. The number of halogens is 1. The maximum Gasteiger partial charge on any atom is 0.235 e. The van der Waals surface area contributed by atoms with Crippen LogP contribution in [0, 0.1) is 3.70 Å². The minimum Gasteiger partial charge on any atom is -0.325 e. The Balaban J connectivity index is 1.60. The van der Waals surface area contributed by atoms with Crippen molar-refractivity contribution in [2.45, 2.75) is 31.1 Å². The van der Waals surface area contributed by atoms with Gasteiger partial charge in [0.1, 0.15) is 3.70 Å². The van der Waals surface area contributed by atoms with Crippen molar-refractivity contribution in [3.63, 3.8) is 0 Å². The summed E-state index contributed by atoms with van der Waals surface area (Å²) in [6.45, 7) is 2.15. The van der Waals surface area contributed by atoms with Crippen LogP contribution in [0.25, 0.3) is 10.9 Å². The number of carbonyl (C=O) groups excluding carboxylic acids is 1. The molecular weight excluding hydrogens is 413 g/mol. The number of aromatic nitrogens is 2. The summed E-state index contributed by atoms with van der Waals surface area (Å²) in [7, 11) is 0. The number of hydrogen-bond donors (Lipinski definition) is 2. The van der Waals surface area contributed by atoms with Gasteiger partial charge in [-0.2, -0.15) is 5.10 Å². The van der Waals surface area contributed by atoms with Crippen molar-refractivity contribution in [2.75, 3.05) is 5.32 Å². The summed E-state index contributed by atoms with van der Waals surface area (Å²) in [6, 6.07) is 12.8. The molecule has 2 N–H and O–H groups in total. The van der Waals surface area contributed by atoms with Gasteiger partial charge < -0.3 is 5.32 Å². The third-order valence-electron chi connectivity index (χ3n) is 5.53. The average molecular weight is 429 g/mol. The monoisotopic (exact) mass is 429 g/mol. The number of carbonyl (C=O) groups is 1. The fourth-order valence-electron chi connectivity index (χ4n) is 4.08. The van der Waals surface area contributed by atoms with Gasteiger partial charge in [0.15, 0.2) is 0 Å². The number of fused-ring (bicyclic) bond motifs is 3. The standard InChI is InChI=1S/C19H16IN3O/c1-2-10-3-6-15-13(7-10)19(18(24)21-15)9-14(19)11-4-5-12-16(8-11)22-23-17(12)20/h3-8,14H,2,9H2,1H3,(H,21,24)(H,22,23)/t14-,19-/m0/s1. The van der Waals surface area contributed by atoms with Gasteiger partial charge >= 0.3 is 0 Å². The van der Waals surface area contributed by atoms with Gasteiger partial charge in [-0.15, -0.1) is 0 Å². The van der Waals surface area contributed by atoms with Gasteiger partial charge in [0, 0.05) is 17.0 Å². The summed E-state index contributed by atoms with van der Waals surface area (Å²) in [5.41, 5.74) is 5.33. The molecule has 5 rings (SSSR count). The van der Waals surface area contributed by atoms with E-state index in [1.165, 1.54) is 16.7 Å². The van der Waals surface area contributed by atoms with Crippen LogP contribution in [0.5, 0.6) is 0 Å². The highest BCUT2D eigenvalue weighted by Crippen LogP contribution is 2.65. The lowest BCUT2D eigenvalue weighted by atomic mass is 9.90. The lowest BCUT2D eigenvalue weighted by Gasteiger charge is -2.10. The molecule has 120 valence electrons. The number of amides is 1. The molecule has 0 saturated heterocycles. The number of H-pyrrole nitrogens is 1. The highest BCUT2D eigenvalue weighted by atomic mass is 127. The van der Waals surface area contributed by atoms with Gasteiger partial charge in [-0.3, -0.25) is 9.89 Å². The molecule has 4 nitrogen and oxygen atoms in total. The van der Waals surface area contributed by atoms with E-state index in [1.54, 1.807) is 0 Å². The summed E-state index contributed by atoms with van der Waals surface area (Å²) >= 11 is 2.23. The van der Waals surface area contributed by atoms with E-state index < -0.39 is 0 Å². The Bertz CT molecular complexity index is 1010. The van der Waals surface area contributed by atoms with E-state index >= 15 is 0 Å². The molecule has 2 aliphatic rings. The molecule has 1 aliphatic carbocycles. The predicted molar refractivity (Wildman–Crippen MR) is 102 cm³/mol. The normalized spacial score (nSPS) is 24.4. The molecule has 2 heterocycles. The van der Waals surface area contributed by atoms with Crippen LogP contribution in [0.3, 0.4) is 0 Å². The second-order valence-electron chi connectivity index (χ2n) is 6.74. The molecule has 2 atom stereocenters. The molecule has 2 aromatic carbocycles. The number of rotatable bonds is 2. The highest BCUT2D eigenvalue weighted by Gasteiger charge is 2.65. The van der Waals surface area contributed by atoms with Gasteiger partial charge in [-0.25, -0.2) is 0 Å². The number of nitrogens with one attached hydrogen (secondary N) is 2. The molecule has 5 heteroatoms. The minimum absolute atomic E-state index is 0.148. The number of nitrogens with zero attached hydrogens (tertiary/aromatic N) is 1. The molecule has 1 saturated carbocycles. The number of anilines is 1. The maximum atomic E-state index is 12.7. The Labute approximate surface area is 153 Å². The van der Waals surface area contributed by atoms with Crippen LogP contribution < -0.4 is 5.32 Å². The van der Waals surface area contributed by atoms with E-state index in [9.17, 15) is 4.79 Å². The Morgan fingerprint density at radius 2 is 2.17 bits per heavy atom. The Hall–Kier alpha value is -1.89. The first kappa shape index (κ1) is 14.5. The summed E-state index contributed by atoms with van der Waals surface area (Å²) in [5, 5.41) is 11.6. The van der Waals surface area contributed by atoms with E-state index in [2.05, 4.69) is 81.4 Å². The van der Waals surface area contributed by atoms with Crippen molar-refractivity contribution in [1.82, 2.24) is 10.2 Å². The van der Waals surface area contributed by atoms with Crippen molar-refractivity contribution in [2.24, 2.45) is 0 Å². The van der Waals surface area contributed by atoms with Gasteiger partial charge in [0.25, 0.3) is 0 Å². The average Bonchev–Trinajstić information content (AvgIpc) is 3.17. The summed E-state index contributed by atoms with van der Waals surface area (Å²) in [4.78, 5) is 12.7. The van der Waals surface area contributed by atoms with E-state index in [1.807, 2.05) is 0 Å². The first-order valence-corrected chi connectivity index (χ1v) is 9.29. The zero-order valence-electron chi connectivity index (χ0n) is 13.2. The number of aryl methyl sites for hydroxylation is 1. The molecule has 0 unspecified atom stereocenters. The number of aromatic amines is 1. The van der Waals surface area contributed by atoms with Crippen molar-refractivity contribution in [3.05, 3.63) is 56.8 Å². The van der Waals surface area contributed by atoms with Gasteiger partial charge in [0.05, 0.1) is 10.9 Å². The van der Waals surface area contributed by atoms with Crippen LogP contribution in [0.1, 0.15) is 36.0 Å². The number of benzene rings is 2. The van der Waals surface area contributed by atoms with E-state index in [0.29, 0.717) is 0 Å². The second-order valence-corrected chi connectivity index (χ2v) is 7.76. The van der Waals surface area contributed by atoms with Crippen molar-refractivity contribution in [1.29, 1.82) is 0 Å². The quantitative estimate of drug-likeness (QED) is 0.603. The summed E-state index contributed by atoms with van der Waals surface area (Å²) in [6.07, 6.45) is 1.87. The lowest BCUT2D eigenvalue weighted by Crippen LogP contribution is -2.21. The molecule has 1 fully saturated rings. The Morgan fingerprint density at radius 1 is 1.29 bits per heavy atom. The van der Waals surface area contributed by atoms with Crippen LogP contribution in [-0.4, -0.2) is 16.1 Å². The van der Waals surface area contributed by atoms with Crippen LogP contribution in [-0.2, 0) is 16.6 Å². The molecule has 1 aromatic heterocycles. The van der Waals surface area contributed by atoms with Crippen molar-refractivity contribution >= 4 is 45.1 Å². The van der Waals surface area contributed by atoms with E-state index in [0.717, 1.165) is 33.1 Å². The molecule has 3 aromatic rings. The van der Waals surface area contributed by atoms with Crippen molar-refractivity contribution in [3.8, 4) is 0 Å². The van der Waals surface area contributed by atoms with Crippen LogP contribution in [0.15, 0.2) is 36.4 Å². The summed E-state index contributed by atoms with van der Waals surface area (Å²) in [5.74, 6) is 0.395. The molecule has 1 spiro atoms. The van der Waals surface area contributed by atoms with Gasteiger partial charge in [-0.05, 0) is 70.3 Å².